The zero-order valence-electron chi connectivity index (χ0n) is 10.9. The van der Waals surface area contributed by atoms with E-state index in [9.17, 15) is 22.8 Å². The molecule has 0 saturated heterocycles. The van der Waals surface area contributed by atoms with Gasteiger partial charge in [-0.15, -0.1) is 0 Å². The third-order valence-corrected chi connectivity index (χ3v) is 3.02. The Labute approximate surface area is 122 Å². The average molecular weight is 310 g/mol. The Morgan fingerprint density at radius 1 is 0.864 bits per heavy atom. The van der Waals surface area contributed by atoms with Gasteiger partial charge in [0, 0.05) is 0 Å². The molecule has 0 aliphatic rings. The molecule has 0 bridgehead atoms. The van der Waals surface area contributed by atoms with Crippen molar-refractivity contribution >= 4 is 11.9 Å². The molecule has 0 aliphatic carbocycles. The van der Waals surface area contributed by atoms with Gasteiger partial charge in [-0.25, -0.2) is 9.59 Å². The predicted molar refractivity (Wildman–Crippen MR) is 70.8 cm³/mol. The van der Waals surface area contributed by atoms with Crippen molar-refractivity contribution in [2.24, 2.45) is 0 Å². The molecule has 2 N–H and O–H groups in total. The molecule has 0 aliphatic heterocycles. The first-order valence-corrected chi connectivity index (χ1v) is 5.99. The highest BCUT2D eigenvalue weighted by molar-refractivity contribution is 6.02. The molecular weight excluding hydrogens is 301 g/mol. The van der Waals surface area contributed by atoms with Crippen molar-refractivity contribution in [3.8, 4) is 11.1 Å². The topological polar surface area (TPSA) is 74.6 Å². The van der Waals surface area contributed by atoms with Gasteiger partial charge in [0.2, 0.25) is 0 Å². The smallest absolute Gasteiger partial charge is 0.417 e. The monoisotopic (exact) mass is 310 g/mol. The number of hydrogen-bond donors (Lipinski definition) is 2. The summed E-state index contributed by atoms with van der Waals surface area (Å²) in [7, 11) is 0. The minimum absolute atomic E-state index is 0.0182. The van der Waals surface area contributed by atoms with E-state index in [4.69, 9.17) is 10.2 Å². The highest BCUT2D eigenvalue weighted by Crippen LogP contribution is 2.37. The van der Waals surface area contributed by atoms with E-state index in [0.29, 0.717) is 0 Å². The van der Waals surface area contributed by atoms with Gasteiger partial charge in [-0.1, -0.05) is 24.3 Å². The fourth-order valence-electron chi connectivity index (χ4n) is 2.06. The number of halogens is 3. The molecular formula is C15H9F3O4. The summed E-state index contributed by atoms with van der Waals surface area (Å²) >= 11 is 0. The maximum atomic E-state index is 13.0. The molecule has 2 aromatic carbocycles. The number of carboxylic acid groups (broad SMARTS) is 2. The van der Waals surface area contributed by atoms with Crippen LogP contribution in [-0.4, -0.2) is 22.2 Å². The average Bonchev–Trinajstić information content (AvgIpc) is 2.45. The number of aromatic carboxylic acids is 2. The van der Waals surface area contributed by atoms with Crippen LogP contribution in [0.2, 0.25) is 0 Å². The summed E-state index contributed by atoms with van der Waals surface area (Å²) in [6, 6.07) is 7.74. The summed E-state index contributed by atoms with van der Waals surface area (Å²) in [5.74, 6) is -2.99. The molecule has 0 spiro atoms. The molecule has 0 atom stereocenters. The van der Waals surface area contributed by atoms with Gasteiger partial charge in [-0.05, 0) is 29.3 Å². The van der Waals surface area contributed by atoms with Crippen LogP contribution in [0, 0.1) is 0 Å². The Hall–Kier alpha value is -2.83. The van der Waals surface area contributed by atoms with Crippen molar-refractivity contribution in [2.45, 2.75) is 6.18 Å². The summed E-state index contributed by atoms with van der Waals surface area (Å²) < 4.78 is 39.0. The number of carbonyl (C=O) groups is 2. The van der Waals surface area contributed by atoms with Gasteiger partial charge in [0.05, 0.1) is 16.7 Å². The Bertz CT molecular complexity index is 751. The zero-order chi connectivity index (χ0) is 16.5. The molecule has 0 heterocycles. The van der Waals surface area contributed by atoms with Gasteiger partial charge in [0.15, 0.2) is 0 Å². The Morgan fingerprint density at radius 3 is 2.00 bits per heavy atom. The van der Waals surface area contributed by atoms with E-state index in [-0.39, 0.29) is 11.1 Å². The Morgan fingerprint density at radius 2 is 1.45 bits per heavy atom. The van der Waals surface area contributed by atoms with Crippen LogP contribution in [0.25, 0.3) is 11.1 Å². The maximum absolute atomic E-state index is 13.0. The lowest BCUT2D eigenvalue weighted by molar-refractivity contribution is -0.137. The molecule has 0 aromatic heterocycles. The standard InChI is InChI=1S/C15H9F3O4/c16-15(17,18)12-4-2-1-3-9(12)8-5-6-10(13(19)20)11(7-8)14(21)22/h1-7H,(H,19,20)(H,21,22). The van der Waals surface area contributed by atoms with Crippen molar-refractivity contribution in [1.82, 2.24) is 0 Å². The third kappa shape index (κ3) is 2.93. The van der Waals surface area contributed by atoms with Crippen LogP contribution in [0.15, 0.2) is 42.5 Å². The molecule has 7 heteroatoms. The fourth-order valence-corrected chi connectivity index (χ4v) is 2.06. The van der Waals surface area contributed by atoms with Crippen LogP contribution >= 0.6 is 0 Å². The second-order valence-corrected chi connectivity index (χ2v) is 4.41. The van der Waals surface area contributed by atoms with Gasteiger partial charge < -0.3 is 10.2 Å². The van der Waals surface area contributed by atoms with Crippen LogP contribution in [-0.2, 0) is 6.18 Å². The van der Waals surface area contributed by atoms with Crippen molar-refractivity contribution in [3.05, 3.63) is 59.2 Å². The number of rotatable bonds is 3. The number of carboxylic acids is 2. The highest BCUT2D eigenvalue weighted by Gasteiger charge is 2.33. The Balaban J connectivity index is 2.68. The minimum atomic E-state index is -4.61. The van der Waals surface area contributed by atoms with Crippen LogP contribution in [0.4, 0.5) is 13.2 Å². The second-order valence-electron chi connectivity index (χ2n) is 4.41. The second kappa shape index (κ2) is 5.51. The van der Waals surface area contributed by atoms with E-state index in [0.717, 1.165) is 24.3 Å². The minimum Gasteiger partial charge on any atom is -0.478 e. The predicted octanol–water partition coefficient (Wildman–Crippen LogP) is 3.77. The summed E-state index contributed by atoms with van der Waals surface area (Å²) in [5.41, 5.74) is -2.21. The summed E-state index contributed by atoms with van der Waals surface area (Å²) in [6.07, 6.45) is -4.61. The quantitative estimate of drug-likeness (QED) is 0.905. The van der Waals surface area contributed by atoms with E-state index < -0.39 is 34.8 Å². The first kappa shape index (κ1) is 15.6. The van der Waals surface area contributed by atoms with Crippen molar-refractivity contribution in [2.75, 3.05) is 0 Å². The number of benzene rings is 2. The van der Waals surface area contributed by atoms with E-state index in [2.05, 4.69) is 0 Å². The SMILES string of the molecule is O=C(O)c1ccc(-c2ccccc2C(F)(F)F)cc1C(=O)O. The van der Waals surface area contributed by atoms with Crippen molar-refractivity contribution in [1.29, 1.82) is 0 Å². The molecule has 0 saturated carbocycles. The number of alkyl halides is 3. The first-order valence-electron chi connectivity index (χ1n) is 5.99. The highest BCUT2D eigenvalue weighted by atomic mass is 19.4. The maximum Gasteiger partial charge on any atom is 0.417 e. The van der Waals surface area contributed by atoms with Crippen molar-refractivity contribution < 1.29 is 33.0 Å². The lowest BCUT2D eigenvalue weighted by Gasteiger charge is -2.13. The lowest BCUT2D eigenvalue weighted by atomic mass is 9.95. The van der Waals surface area contributed by atoms with Crippen LogP contribution in [0.3, 0.4) is 0 Å². The lowest BCUT2D eigenvalue weighted by Crippen LogP contribution is -2.10. The van der Waals surface area contributed by atoms with Crippen LogP contribution < -0.4 is 0 Å². The Kier molecular flexibility index (Phi) is 3.90. The summed E-state index contributed by atoms with van der Waals surface area (Å²) in [4.78, 5) is 22.1. The molecule has 0 fully saturated rings. The van der Waals surface area contributed by atoms with E-state index in [1.807, 2.05) is 0 Å². The van der Waals surface area contributed by atoms with Gasteiger partial charge in [0.25, 0.3) is 0 Å². The zero-order valence-corrected chi connectivity index (χ0v) is 10.9. The largest absolute Gasteiger partial charge is 0.478 e. The number of hydrogen-bond acceptors (Lipinski definition) is 2. The van der Waals surface area contributed by atoms with E-state index in [1.54, 1.807) is 0 Å². The van der Waals surface area contributed by atoms with Gasteiger partial charge in [-0.2, -0.15) is 13.2 Å². The summed E-state index contributed by atoms with van der Waals surface area (Å²) in [6.45, 7) is 0. The molecule has 2 aromatic rings. The first-order chi connectivity index (χ1) is 10.2. The normalized spacial score (nSPS) is 11.2. The fraction of sp³-hybridized carbons (Fsp3) is 0.0667. The molecule has 4 nitrogen and oxygen atoms in total. The van der Waals surface area contributed by atoms with Crippen molar-refractivity contribution in [3.63, 3.8) is 0 Å². The molecule has 2 rings (SSSR count). The van der Waals surface area contributed by atoms with E-state index in [1.165, 1.54) is 18.2 Å². The van der Waals surface area contributed by atoms with Crippen LogP contribution in [0.1, 0.15) is 26.3 Å². The molecule has 114 valence electrons. The molecule has 0 radical (unpaired) electrons. The summed E-state index contributed by atoms with van der Waals surface area (Å²) in [5, 5.41) is 17.9. The van der Waals surface area contributed by atoms with Gasteiger partial charge >= 0.3 is 18.1 Å². The van der Waals surface area contributed by atoms with Crippen LogP contribution in [0.5, 0.6) is 0 Å². The molecule has 22 heavy (non-hydrogen) atoms. The molecule has 0 amide bonds. The van der Waals surface area contributed by atoms with Gasteiger partial charge in [0.1, 0.15) is 0 Å². The van der Waals surface area contributed by atoms with E-state index >= 15 is 0 Å². The third-order valence-electron chi connectivity index (χ3n) is 3.02. The van der Waals surface area contributed by atoms with Gasteiger partial charge in [-0.3, -0.25) is 0 Å². The molecule has 0 unspecified atom stereocenters.